The summed E-state index contributed by atoms with van der Waals surface area (Å²) in [7, 11) is 0. The zero-order valence-corrected chi connectivity index (χ0v) is 10.5. The van der Waals surface area contributed by atoms with Gasteiger partial charge in [-0.05, 0) is 38.1 Å². The summed E-state index contributed by atoms with van der Waals surface area (Å²) in [6.07, 6.45) is 6.73. The summed E-state index contributed by atoms with van der Waals surface area (Å²) in [5, 5.41) is 6.83. The molecule has 0 bridgehead atoms. The summed E-state index contributed by atoms with van der Waals surface area (Å²) in [5.74, 6) is 0.749. The second-order valence-electron chi connectivity index (χ2n) is 4.32. The maximum absolute atomic E-state index is 5.34. The van der Waals surface area contributed by atoms with Gasteiger partial charge in [0.1, 0.15) is 0 Å². The molecule has 90 valence electrons. The van der Waals surface area contributed by atoms with Gasteiger partial charge in [-0.15, -0.1) is 11.3 Å². The SMILES string of the molecule is c1csc(CCCCNCC2CCOC2)n1. The maximum atomic E-state index is 5.34. The maximum Gasteiger partial charge on any atom is 0.0924 e. The first-order valence-corrected chi connectivity index (χ1v) is 7.00. The van der Waals surface area contributed by atoms with Gasteiger partial charge in [0.15, 0.2) is 0 Å². The molecule has 1 aromatic rings. The fourth-order valence-electron chi connectivity index (χ4n) is 1.95. The van der Waals surface area contributed by atoms with E-state index in [-0.39, 0.29) is 0 Å². The third-order valence-corrected chi connectivity index (χ3v) is 3.77. The molecule has 1 fully saturated rings. The number of aryl methyl sites for hydroxylation is 1. The summed E-state index contributed by atoms with van der Waals surface area (Å²) in [6, 6.07) is 0. The number of hydrogen-bond donors (Lipinski definition) is 1. The molecule has 1 N–H and O–H groups in total. The average Bonchev–Trinajstić information content (AvgIpc) is 2.96. The van der Waals surface area contributed by atoms with Crippen LogP contribution in [-0.4, -0.2) is 31.3 Å². The molecule has 1 unspecified atom stereocenters. The molecule has 0 saturated carbocycles. The summed E-state index contributed by atoms with van der Waals surface area (Å²) in [5.41, 5.74) is 0. The van der Waals surface area contributed by atoms with E-state index in [4.69, 9.17) is 4.74 Å². The van der Waals surface area contributed by atoms with Gasteiger partial charge in [-0.3, -0.25) is 0 Å². The highest BCUT2D eigenvalue weighted by Gasteiger charge is 2.14. The second-order valence-corrected chi connectivity index (χ2v) is 5.30. The van der Waals surface area contributed by atoms with Crippen molar-refractivity contribution in [3.63, 3.8) is 0 Å². The molecule has 0 aromatic carbocycles. The normalized spacial score (nSPS) is 20.4. The molecule has 0 radical (unpaired) electrons. The minimum Gasteiger partial charge on any atom is -0.381 e. The van der Waals surface area contributed by atoms with Gasteiger partial charge in [-0.1, -0.05) is 0 Å². The van der Waals surface area contributed by atoms with Gasteiger partial charge in [-0.2, -0.15) is 0 Å². The van der Waals surface area contributed by atoms with E-state index in [0.29, 0.717) is 0 Å². The number of hydrogen-bond acceptors (Lipinski definition) is 4. The number of thiazole rings is 1. The highest BCUT2D eigenvalue weighted by Crippen LogP contribution is 2.11. The molecule has 3 nitrogen and oxygen atoms in total. The van der Waals surface area contributed by atoms with E-state index in [1.807, 2.05) is 11.6 Å². The van der Waals surface area contributed by atoms with Crippen LogP contribution in [0.5, 0.6) is 0 Å². The third kappa shape index (κ3) is 4.20. The Kier molecular flexibility index (Phi) is 5.25. The van der Waals surface area contributed by atoms with Crippen LogP contribution in [0.15, 0.2) is 11.6 Å². The number of nitrogens with zero attached hydrogens (tertiary/aromatic N) is 1. The van der Waals surface area contributed by atoms with E-state index >= 15 is 0 Å². The van der Waals surface area contributed by atoms with Crippen LogP contribution in [0.4, 0.5) is 0 Å². The summed E-state index contributed by atoms with van der Waals surface area (Å²) >= 11 is 1.76. The fraction of sp³-hybridized carbons (Fsp3) is 0.750. The van der Waals surface area contributed by atoms with Crippen molar-refractivity contribution in [1.82, 2.24) is 10.3 Å². The van der Waals surface area contributed by atoms with E-state index in [0.717, 1.165) is 38.6 Å². The largest absolute Gasteiger partial charge is 0.381 e. The monoisotopic (exact) mass is 240 g/mol. The topological polar surface area (TPSA) is 34.1 Å². The molecule has 2 rings (SSSR count). The Labute approximate surface area is 101 Å². The Morgan fingerprint density at radius 1 is 1.50 bits per heavy atom. The Morgan fingerprint density at radius 3 is 3.25 bits per heavy atom. The summed E-state index contributed by atoms with van der Waals surface area (Å²) in [6.45, 7) is 4.15. The lowest BCUT2D eigenvalue weighted by Crippen LogP contribution is -2.24. The van der Waals surface area contributed by atoms with Gasteiger partial charge in [0.25, 0.3) is 0 Å². The van der Waals surface area contributed by atoms with Crippen LogP contribution in [0.2, 0.25) is 0 Å². The van der Waals surface area contributed by atoms with Gasteiger partial charge >= 0.3 is 0 Å². The van der Waals surface area contributed by atoms with Crippen molar-refractivity contribution < 1.29 is 4.74 Å². The molecule has 0 aliphatic carbocycles. The van der Waals surface area contributed by atoms with Gasteiger partial charge in [0.2, 0.25) is 0 Å². The van der Waals surface area contributed by atoms with E-state index in [9.17, 15) is 0 Å². The number of ether oxygens (including phenoxy) is 1. The van der Waals surface area contributed by atoms with Crippen LogP contribution < -0.4 is 5.32 Å². The number of unbranched alkanes of at least 4 members (excludes halogenated alkanes) is 1. The van der Waals surface area contributed by atoms with Crippen molar-refractivity contribution in [2.24, 2.45) is 5.92 Å². The van der Waals surface area contributed by atoms with Gasteiger partial charge in [0.05, 0.1) is 11.6 Å². The van der Waals surface area contributed by atoms with Crippen LogP contribution in [0.1, 0.15) is 24.3 Å². The van der Waals surface area contributed by atoms with Crippen molar-refractivity contribution in [3.8, 4) is 0 Å². The first-order chi connectivity index (χ1) is 7.95. The lowest BCUT2D eigenvalue weighted by atomic mass is 10.1. The zero-order valence-electron chi connectivity index (χ0n) is 9.65. The zero-order chi connectivity index (χ0) is 11.1. The Morgan fingerprint density at radius 2 is 2.50 bits per heavy atom. The smallest absolute Gasteiger partial charge is 0.0924 e. The minimum atomic E-state index is 0.749. The lowest BCUT2D eigenvalue weighted by molar-refractivity contribution is 0.185. The molecular weight excluding hydrogens is 220 g/mol. The van der Waals surface area contributed by atoms with E-state index < -0.39 is 0 Å². The molecule has 4 heteroatoms. The number of rotatable bonds is 7. The molecule has 1 aromatic heterocycles. The number of nitrogens with one attached hydrogen (secondary N) is 1. The molecule has 1 aliphatic rings. The van der Waals surface area contributed by atoms with Gasteiger partial charge in [0, 0.05) is 24.7 Å². The van der Waals surface area contributed by atoms with Crippen LogP contribution in [-0.2, 0) is 11.2 Å². The van der Waals surface area contributed by atoms with Crippen molar-refractivity contribution in [3.05, 3.63) is 16.6 Å². The third-order valence-electron chi connectivity index (χ3n) is 2.93. The van der Waals surface area contributed by atoms with E-state index in [2.05, 4.69) is 10.3 Å². The van der Waals surface area contributed by atoms with Crippen molar-refractivity contribution in [2.45, 2.75) is 25.7 Å². The van der Waals surface area contributed by atoms with Crippen molar-refractivity contribution in [2.75, 3.05) is 26.3 Å². The van der Waals surface area contributed by atoms with E-state index in [1.165, 1.54) is 24.3 Å². The Bertz CT molecular complexity index is 271. The van der Waals surface area contributed by atoms with Crippen molar-refractivity contribution in [1.29, 1.82) is 0 Å². The molecule has 0 spiro atoms. The quantitative estimate of drug-likeness (QED) is 0.741. The highest BCUT2D eigenvalue weighted by atomic mass is 32.1. The predicted molar refractivity (Wildman–Crippen MR) is 66.8 cm³/mol. The fourth-order valence-corrected chi connectivity index (χ4v) is 2.62. The average molecular weight is 240 g/mol. The lowest BCUT2D eigenvalue weighted by Gasteiger charge is -2.08. The van der Waals surface area contributed by atoms with Gasteiger partial charge < -0.3 is 10.1 Å². The second kappa shape index (κ2) is 6.99. The Hall–Kier alpha value is -0.450. The van der Waals surface area contributed by atoms with Crippen LogP contribution in [0.25, 0.3) is 0 Å². The predicted octanol–water partition coefficient (Wildman–Crippen LogP) is 2.09. The Balaban J connectivity index is 1.43. The van der Waals surface area contributed by atoms with Crippen LogP contribution in [0, 0.1) is 5.92 Å². The molecule has 0 amide bonds. The summed E-state index contributed by atoms with van der Waals surface area (Å²) in [4.78, 5) is 4.28. The first kappa shape index (κ1) is 12.0. The van der Waals surface area contributed by atoms with E-state index in [1.54, 1.807) is 11.3 Å². The molecule has 1 atom stereocenters. The van der Waals surface area contributed by atoms with Crippen LogP contribution in [0.3, 0.4) is 0 Å². The molecule has 1 saturated heterocycles. The number of aromatic nitrogens is 1. The molecule has 2 heterocycles. The van der Waals surface area contributed by atoms with Crippen molar-refractivity contribution >= 4 is 11.3 Å². The molecular formula is C12H20N2OS. The first-order valence-electron chi connectivity index (χ1n) is 6.12. The molecule has 1 aliphatic heterocycles. The minimum absolute atomic E-state index is 0.749. The summed E-state index contributed by atoms with van der Waals surface area (Å²) < 4.78 is 5.34. The van der Waals surface area contributed by atoms with Gasteiger partial charge in [-0.25, -0.2) is 4.98 Å². The highest BCUT2D eigenvalue weighted by molar-refractivity contribution is 7.09. The molecule has 16 heavy (non-hydrogen) atoms. The standard InChI is InChI=1S/C12H20N2OS/c1(3-12-14-6-8-16-12)2-5-13-9-11-4-7-15-10-11/h6,8,11,13H,1-5,7,9-10H2. The van der Waals surface area contributed by atoms with Crippen LogP contribution >= 0.6 is 11.3 Å².